The van der Waals surface area contributed by atoms with E-state index in [1.54, 1.807) is 13.0 Å². The molecule has 0 N–H and O–H groups in total. The maximum atomic E-state index is 12.3. The van der Waals surface area contributed by atoms with E-state index in [0.29, 0.717) is 0 Å². The Hall–Kier alpha value is -2.45. The van der Waals surface area contributed by atoms with Crippen LogP contribution in [0.15, 0.2) is 33.6 Å². The normalized spacial score (nSPS) is 13.0. The SMILES string of the molecule is CCOC(=O)C(C#N)/C(=N\S(=O)(=O)c1ccc([N+](=O)[O-])cc1)SC. The number of benzene rings is 1. The molecule has 1 rings (SSSR count). The van der Waals surface area contributed by atoms with Crippen molar-refractivity contribution in [3.05, 3.63) is 34.4 Å². The standard InChI is InChI=1S/C13H13N3O6S2/c1-3-22-13(17)11(8-14)12(23-2)15-24(20,21)10-6-4-9(5-7-10)16(18)19/h4-7,11H,3H2,1-2H3/b15-12+. The Balaban J connectivity index is 3.24. The zero-order valence-corrected chi connectivity index (χ0v) is 14.3. The lowest BCUT2D eigenvalue weighted by Gasteiger charge is -2.09. The average Bonchev–Trinajstić information content (AvgIpc) is 2.54. The first-order chi connectivity index (χ1) is 11.3. The number of nitro benzene ring substituents is 1. The fraction of sp³-hybridized carbons (Fsp3) is 0.308. The molecular formula is C13H13N3O6S2. The molecule has 0 amide bonds. The van der Waals surface area contributed by atoms with Crippen LogP contribution >= 0.6 is 11.8 Å². The Morgan fingerprint density at radius 2 is 2.04 bits per heavy atom. The first-order valence-electron chi connectivity index (χ1n) is 6.46. The van der Waals surface area contributed by atoms with Gasteiger partial charge in [0.25, 0.3) is 15.7 Å². The van der Waals surface area contributed by atoms with E-state index < -0.39 is 26.8 Å². The molecule has 0 saturated carbocycles. The molecule has 0 saturated heterocycles. The molecule has 1 aromatic rings. The van der Waals surface area contributed by atoms with Gasteiger partial charge in [-0.15, -0.1) is 11.8 Å². The number of thioether (sulfide) groups is 1. The van der Waals surface area contributed by atoms with Crippen LogP contribution in [0.1, 0.15) is 6.92 Å². The number of hydrogen-bond donors (Lipinski definition) is 0. The summed E-state index contributed by atoms with van der Waals surface area (Å²) in [6, 6.07) is 5.76. The van der Waals surface area contributed by atoms with Crippen LogP contribution in [0.3, 0.4) is 0 Å². The van der Waals surface area contributed by atoms with Gasteiger partial charge in [-0.1, -0.05) is 0 Å². The molecule has 9 nitrogen and oxygen atoms in total. The number of nitriles is 1. The molecule has 0 bridgehead atoms. The van der Waals surface area contributed by atoms with Crippen molar-refractivity contribution in [2.45, 2.75) is 11.8 Å². The molecule has 24 heavy (non-hydrogen) atoms. The molecule has 0 aromatic heterocycles. The van der Waals surface area contributed by atoms with Crippen molar-refractivity contribution >= 4 is 38.5 Å². The lowest BCUT2D eigenvalue weighted by atomic mass is 10.2. The van der Waals surface area contributed by atoms with Gasteiger partial charge in [-0.05, 0) is 25.3 Å². The number of nitro groups is 1. The number of ether oxygens (including phenoxy) is 1. The van der Waals surface area contributed by atoms with E-state index in [9.17, 15) is 23.3 Å². The van der Waals surface area contributed by atoms with E-state index in [4.69, 9.17) is 10.00 Å². The highest BCUT2D eigenvalue weighted by atomic mass is 32.2. The molecule has 1 aromatic carbocycles. The molecular weight excluding hydrogens is 358 g/mol. The van der Waals surface area contributed by atoms with Crippen molar-refractivity contribution in [2.24, 2.45) is 10.3 Å². The first kappa shape index (κ1) is 19.6. The zero-order chi connectivity index (χ0) is 18.3. The fourth-order valence-electron chi connectivity index (χ4n) is 1.55. The van der Waals surface area contributed by atoms with E-state index in [1.165, 1.54) is 6.26 Å². The van der Waals surface area contributed by atoms with Crippen LogP contribution in [-0.4, -0.2) is 37.2 Å². The molecule has 0 fully saturated rings. The summed E-state index contributed by atoms with van der Waals surface area (Å²) in [5.41, 5.74) is -0.274. The van der Waals surface area contributed by atoms with Crippen molar-refractivity contribution < 1.29 is 22.9 Å². The summed E-state index contributed by atoms with van der Waals surface area (Å²) in [6.07, 6.45) is 1.47. The predicted octanol–water partition coefficient (Wildman–Crippen LogP) is 1.75. The summed E-state index contributed by atoms with van der Waals surface area (Å²) in [5, 5.41) is 19.4. The van der Waals surface area contributed by atoms with Crippen molar-refractivity contribution in [3.63, 3.8) is 0 Å². The van der Waals surface area contributed by atoms with Gasteiger partial charge >= 0.3 is 5.97 Å². The highest BCUT2D eigenvalue weighted by Crippen LogP contribution is 2.21. The maximum absolute atomic E-state index is 12.3. The Bertz CT molecular complexity index is 796. The molecule has 0 heterocycles. The van der Waals surface area contributed by atoms with E-state index in [1.807, 2.05) is 0 Å². The number of hydrogen-bond acceptors (Lipinski definition) is 8. The summed E-state index contributed by atoms with van der Waals surface area (Å²) in [6.45, 7) is 1.59. The second-order valence-electron chi connectivity index (χ2n) is 4.17. The van der Waals surface area contributed by atoms with Gasteiger partial charge in [0, 0.05) is 12.1 Å². The van der Waals surface area contributed by atoms with Gasteiger partial charge in [-0.3, -0.25) is 14.9 Å². The van der Waals surface area contributed by atoms with Crippen LogP contribution in [0.5, 0.6) is 0 Å². The summed E-state index contributed by atoms with van der Waals surface area (Å²) < 4.78 is 32.7. The Labute approximate surface area is 142 Å². The van der Waals surface area contributed by atoms with E-state index in [-0.39, 0.29) is 22.2 Å². The lowest BCUT2D eigenvalue weighted by Crippen LogP contribution is -2.23. The molecule has 1 unspecified atom stereocenters. The van der Waals surface area contributed by atoms with Gasteiger partial charge in [0.15, 0.2) is 5.92 Å². The number of non-ortho nitro benzene ring substituents is 1. The van der Waals surface area contributed by atoms with Crippen LogP contribution in [0.4, 0.5) is 5.69 Å². The summed E-state index contributed by atoms with van der Waals surface area (Å²) >= 11 is 0.826. The van der Waals surface area contributed by atoms with Crippen LogP contribution < -0.4 is 0 Å². The van der Waals surface area contributed by atoms with E-state index >= 15 is 0 Å². The number of rotatable bonds is 6. The lowest BCUT2D eigenvalue weighted by molar-refractivity contribution is -0.384. The molecule has 0 aliphatic rings. The average molecular weight is 371 g/mol. The smallest absolute Gasteiger partial charge is 0.330 e. The molecule has 0 spiro atoms. The van der Waals surface area contributed by atoms with Gasteiger partial charge in [0.2, 0.25) is 0 Å². The van der Waals surface area contributed by atoms with Crippen molar-refractivity contribution in [3.8, 4) is 6.07 Å². The van der Waals surface area contributed by atoms with Crippen LogP contribution in [-0.2, 0) is 19.6 Å². The third-order valence-corrected chi connectivity index (χ3v) is 4.83. The second kappa shape index (κ2) is 8.42. The Kier molecular flexibility index (Phi) is 6.87. The van der Waals surface area contributed by atoms with Gasteiger partial charge in [0.1, 0.15) is 5.04 Å². The topological polar surface area (TPSA) is 140 Å². The summed E-state index contributed by atoms with van der Waals surface area (Å²) in [5.74, 6) is -2.36. The molecule has 0 radical (unpaired) electrons. The fourth-order valence-corrected chi connectivity index (χ4v) is 3.46. The van der Waals surface area contributed by atoms with Crippen LogP contribution in [0, 0.1) is 27.4 Å². The molecule has 11 heteroatoms. The highest BCUT2D eigenvalue weighted by Gasteiger charge is 2.28. The molecule has 0 aliphatic carbocycles. The number of carbonyl (C=O) groups is 1. The third-order valence-electron chi connectivity index (χ3n) is 2.66. The number of sulfonamides is 1. The minimum atomic E-state index is -4.23. The molecule has 128 valence electrons. The van der Waals surface area contributed by atoms with Gasteiger partial charge in [0.05, 0.1) is 22.5 Å². The highest BCUT2D eigenvalue weighted by molar-refractivity contribution is 8.14. The van der Waals surface area contributed by atoms with Gasteiger partial charge in [-0.2, -0.15) is 18.1 Å². The Morgan fingerprint density at radius 3 is 2.46 bits per heavy atom. The van der Waals surface area contributed by atoms with Crippen LogP contribution in [0.2, 0.25) is 0 Å². The number of carbonyl (C=O) groups excluding carboxylic acids is 1. The van der Waals surface area contributed by atoms with E-state index in [0.717, 1.165) is 36.0 Å². The first-order valence-corrected chi connectivity index (χ1v) is 9.12. The number of esters is 1. The third kappa shape index (κ3) is 4.77. The van der Waals surface area contributed by atoms with Crippen molar-refractivity contribution in [2.75, 3.05) is 12.9 Å². The summed E-state index contributed by atoms with van der Waals surface area (Å²) in [7, 11) is -4.23. The zero-order valence-electron chi connectivity index (χ0n) is 12.7. The monoisotopic (exact) mass is 371 g/mol. The van der Waals surface area contributed by atoms with Gasteiger partial charge in [-0.25, -0.2) is 0 Å². The quantitative estimate of drug-likeness (QED) is 0.242. The van der Waals surface area contributed by atoms with Crippen molar-refractivity contribution in [1.29, 1.82) is 5.26 Å². The van der Waals surface area contributed by atoms with Crippen LogP contribution in [0.25, 0.3) is 0 Å². The minimum absolute atomic E-state index is 0.0355. The van der Waals surface area contributed by atoms with Gasteiger partial charge < -0.3 is 4.74 Å². The minimum Gasteiger partial charge on any atom is -0.465 e. The van der Waals surface area contributed by atoms with E-state index in [2.05, 4.69) is 4.40 Å². The largest absolute Gasteiger partial charge is 0.465 e. The molecule has 0 aliphatic heterocycles. The predicted molar refractivity (Wildman–Crippen MR) is 87.0 cm³/mol. The Morgan fingerprint density at radius 1 is 1.46 bits per heavy atom. The number of nitrogens with zero attached hydrogens (tertiary/aromatic N) is 3. The molecule has 1 atom stereocenters. The summed E-state index contributed by atoms with van der Waals surface area (Å²) in [4.78, 5) is 21.3. The second-order valence-corrected chi connectivity index (χ2v) is 6.60. The maximum Gasteiger partial charge on any atom is 0.330 e. The van der Waals surface area contributed by atoms with Crippen molar-refractivity contribution in [1.82, 2.24) is 0 Å².